The summed E-state index contributed by atoms with van der Waals surface area (Å²) in [5.74, 6) is -4.88. The van der Waals surface area contributed by atoms with Crippen molar-refractivity contribution in [2.75, 3.05) is 17.2 Å². The third-order valence-electron chi connectivity index (χ3n) is 13.1. The second-order valence-electron chi connectivity index (χ2n) is 18.2. The first-order valence-electron chi connectivity index (χ1n) is 24.5. The first-order chi connectivity index (χ1) is 39.5. The van der Waals surface area contributed by atoms with Crippen LogP contribution in [0.2, 0.25) is 0 Å². The van der Waals surface area contributed by atoms with Gasteiger partial charge in [0, 0.05) is 33.4 Å². The lowest BCUT2D eigenvalue weighted by atomic mass is 9.99. The molecule has 6 aromatic carbocycles. The van der Waals surface area contributed by atoms with Gasteiger partial charge in [0.25, 0.3) is 0 Å². The zero-order valence-electron chi connectivity index (χ0n) is 43.0. The fourth-order valence-corrected chi connectivity index (χ4v) is 8.94. The minimum atomic E-state index is -0.753. The number of hydrogen-bond acceptors (Lipinski definition) is 14. The summed E-state index contributed by atoms with van der Waals surface area (Å²) in [5, 5.41) is 32.3. The summed E-state index contributed by atoms with van der Waals surface area (Å²) in [5.41, 5.74) is 23.6. The van der Waals surface area contributed by atoms with E-state index < -0.39 is 40.7 Å². The maximum Gasteiger partial charge on any atom is 0.222 e. The Bertz CT molecular complexity index is 4480. The normalized spacial score (nSPS) is 11.0. The van der Waals surface area contributed by atoms with Gasteiger partial charge in [-0.05, 0) is 85.6 Å². The van der Waals surface area contributed by atoms with E-state index in [1.807, 2.05) is 32.0 Å². The Morgan fingerprint density at radius 3 is 1.26 bits per heavy atom. The Morgan fingerprint density at radius 1 is 0.439 bits per heavy atom. The highest BCUT2D eigenvalue weighted by Crippen LogP contribution is 2.33. The average molecular weight is 1110 g/mol. The molecule has 0 aliphatic heterocycles. The number of benzene rings is 6. The van der Waals surface area contributed by atoms with Gasteiger partial charge >= 0.3 is 0 Å². The van der Waals surface area contributed by atoms with Gasteiger partial charge in [0.1, 0.15) is 46.8 Å². The smallest absolute Gasteiger partial charge is 0.222 e. The van der Waals surface area contributed by atoms with Crippen molar-refractivity contribution in [2.24, 2.45) is 0 Å². The molecule has 24 heteroatoms. The van der Waals surface area contributed by atoms with Crippen molar-refractivity contribution < 1.29 is 30.7 Å². The van der Waals surface area contributed by atoms with Crippen molar-refractivity contribution in [1.82, 2.24) is 59.2 Å². The molecule has 0 aliphatic carbocycles. The summed E-state index contributed by atoms with van der Waals surface area (Å²) >= 11 is 0. The number of hydrogen-bond donors (Lipinski definition) is 3. The Morgan fingerprint density at radius 2 is 0.817 bits per heavy atom. The monoisotopic (exact) mass is 1110 g/mol. The minimum Gasteiger partial charge on any atom is -0.368 e. The van der Waals surface area contributed by atoms with Crippen LogP contribution >= 0.6 is 0 Å². The van der Waals surface area contributed by atoms with Crippen LogP contribution in [0.5, 0.6) is 0 Å². The van der Waals surface area contributed by atoms with Crippen molar-refractivity contribution in [3.8, 4) is 45.9 Å². The minimum absolute atomic E-state index is 0.00406. The van der Waals surface area contributed by atoms with E-state index in [4.69, 9.17) is 27.7 Å². The summed E-state index contributed by atoms with van der Waals surface area (Å²) in [6.07, 6.45) is 4.48. The highest BCUT2D eigenvalue weighted by molar-refractivity contribution is 5.93. The van der Waals surface area contributed by atoms with Crippen molar-refractivity contribution >= 4 is 50.9 Å². The maximum absolute atomic E-state index is 14.6. The van der Waals surface area contributed by atoms with E-state index >= 15 is 0 Å². The molecule has 12 aromatic rings. The first-order valence-corrected chi connectivity index (χ1v) is 24.5. The fourth-order valence-electron chi connectivity index (χ4n) is 8.94. The van der Waals surface area contributed by atoms with E-state index in [1.165, 1.54) is 87.1 Å². The van der Waals surface area contributed by atoms with Gasteiger partial charge in [0.15, 0.2) is 16.9 Å². The molecule has 17 nitrogen and oxygen atoms in total. The van der Waals surface area contributed by atoms with Crippen LogP contribution in [0, 0.1) is 77.2 Å². The Hall–Kier alpha value is -11.1. The number of nitriles is 2. The molecule has 0 fully saturated rings. The lowest BCUT2D eigenvalue weighted by Gasteiger charge is -2.10. The molecule has 0 unspecified atom stereocenters. The van der Waals surface area contributed by atoms with Crippen molar-refractivity contribution in [1.29, 1.82) is 10.5 Å². The number of nitrogens with zero attached hydrogens (tertiary/aromatic N) is 14. The zero-order valence-corrected chi connectivity index (χ0v) is 43.0. The number of nitrogens with two attached hydrogens (primary N) is 3. The molecule has 82 heavy (non-hydrogen) atoms. The van der Waals surface area contributed by atoms with Gasteiger partial charge in [0.05, 0.1) is 88.7 Å². The third kappa shape index (κ3) is 10.7. The van der Waals surface area contributed by atoms with E-state index in [9.17, 15) is 30.7 Å². The molecule has 0 amide bonds. The SMILES string of the molecule is Cc1cccc(-c2nc(N)nc3c2cnn3Cc2c(F)cccc2F)c1C.N#Cc1cccc(-c2nc(N)nc3c2cnn3Cc2c(F)cccc2F)c1.N#Cc1cccc(-c2nc(N)nc3c2cnn3Cc2c(F)cccc2F)c1F. The molecule has 406 valence electrons. The summed E-state index contributed by atoms with van der Waals surface area (Å²) in [6.45, 7) is 3.55. The molecule has 6 heterocycles. The molecule has 0 atom stereocenters. The fraction of sp³-hybridized carbons (Fsp3) is 0.0862. The Kier molecular flexibility index (Phi) is 15.0. The molecule has 0 radical (unpaired) electrons. The van der Waals surface area contributed by atoms with Gasteiger partial charge in [-0.25, -0.2) is 59.7 Å². The summed E-state index contributed by atoms with van der Waals surface area (Å²) in [7, 11) is 0. The van der Waals surface area contributed by atoms with E-state index in [-0.39, 0.29) is 76.6 Å². The van der Waals surface area contributed by atoms with Crippen LogP contribution < -0.4 is 17.2 Å². The van der Waals surface area contributed by atoms with Crippen LogP contribution in [0.15, 0.2) is 134 Å². The van der Waals surface area contributed by atoms with Crippen LogP contribution in [0.1, 0.15) is 38.9 Å². The van der Waals surface area contributed by atoms with Crippen LogP contribution in [0.25, 0.3) is 66.9 Å². The van der Waals surface area contributed by atoms with Crippen LogP contribution in [0.4, 0.5) is 48.6 Å². The average Bonchev–Trinajstić information content (AvgIpc) is 4.39. The van der Waals surface area contributed by atoms with E-state index in [1.54, 1.807) is 36.5 Å². The molecule has 6 aromatic heterocycles. The number of nitrogen functional groups attached to an aromatic ring is 3. The molecule has 6 N–H and O–H groups in total. The van der Waals surface area contributed by atoms with E-state index in [0.717, 1.165) is 28.8 Å². The number of aryl methyl sites for hydroxylation is 1. The van der Waals surface area contributed by atoms with Crippen molar-refractivity contribution in [3.63, 3.8) is 0 Å². The number of halogens is 7. The maximum atomic E-state index is 14.6. The summed E-state index contributed by atoms with van der Waals surface area (Å²) in [4.78, 5) is 25.2. The van der Waals surface area contributed by atoms with Gasteiger partial charge < -0.3 is 17.2 Å². The van der Waals surface area contributed by atoms with Crippen molar-refractivity contribution in [2.45, 2.75) is 33.5 Å². The lowest BCUT2D eigenvalue weighted by Crippen LogP contribution is -2.08. The van der Waals surface area contributed by atoms with Gasteiger partial charge in [-0.1, -0.05) is 54.6 Å². The second-order valence-corrected chi connectivity index (χ2v) is 18.2. The van der Waals surface area contributed by atoms with Crippen molar-refractivity contribution in [3.05, 3.63) is 214 Å². The Balaban J connectivity index is 0.000000138. The quantitative estimate of drug-likeness (QED) is 0.114. The number of aromatic nitrogens is 12. The molecule has 0 saturated carbocycles. The van der Waals surface area contributed by atoms with E-state index in [0.29, 0.717) is 50.0 Å². The number of rotatable bonds is 9. The molecule has 0 aliphatic rings. The molecule has 0 spiro atoms. The van der Waals surface area contributed by atoms with Gasteiger partial charge in [0.2, 0.25) is 17.8 Å². The van der Waals surface area contributed by atoms with Gasteiger partial charge in [-0.2, -0.15) is 40.8 Å². The second kappa shape index (κ2) is 22.7. The van der Waals surface area contributed by atoms with E-state index in [2.05, 4.69) is 51.3 Å². The summed E-state index contributed by atoms with van der Waals surface area (Å²) in [6, 6.07) is 31.9. The van der Waals surface area contributed by atoms with Gasteiger partial charge in [-0.15, -0.1) is 0 Å². The van der Waals surface area contributed by atoms with Gasteiger partial charge in [-0.3, -0.25) is 0 Å². The van der Waals surface area contributed by atoms with Crippen LogP contribution in [-0.4, -0.2) is 59.2 Å². The predicted octanol–water partition coefficient (Wildman–Crippen LogP) is 10.7. The molecule has 0 saturated heterocycles. The van der Waals surface area contributed by atoms with Crippen LogP contribution in [0.3, 0.4) is 0 Å². The first kappa shape index (κ1) is 54.2. The van der Waals surface area contributed by atoms with Crippen LogP contribution in [-0.2, 0) is 19.6 Å². The summed E-state index contributed by atoms with van der Waals surface area (Å²) < 4.78 is 103. The third-order valence-corrected chi connectivity index (χ3v) is 13.1. The predicted molar refractivity (Wildman–Crippen MR) is 291 cm³/mol. The molecular formula is C58H40F7N17. The molecule has 0 bridgehead atoms. The highest BCUT2D eigenvalue weighted by atomic mass is 19.2. The largest absolute Gasteiger partial charge is 0.368 e. The Labute approximate surface area is 460 Å². The standard InChI is InChI=1S/C20H17F2N5.C19H11F3N6.C19H12F2N6/c1-11-5-3-6-13(12(11)2)18-14-9-24-27(19(14)26-20(23)25-18)10-15-16(21)7-4-8-17(15)22;20-14-5-2-6-15(21)13(14)9-28-18-12(8-25-28)17(26-19(24)27-18)11-4-1-3-10(7-23)16(11)22;20-15-5-2-6-16(21)14(15)10-27-18-13(9-24-27)17(25-19(23)26-18)12-4-1-3-11(7-12)8-22/h3-9H,10H2,1-2H3,(H2,23,25,26);1-6,8H,9H2,(H2,24,26,27);1-7,9H,10H2,(H2,23,25,26). The number of anilines is 3. The molecular weight excluding hydrogens is 1070 g/mol. The zero-order chi connectivity index (χ0) is 57.9. The lowest BCUT2D eigenvalue weighted by molar-refractivity contribution is 0.535. The highest BCUT2D eigenvalue weighted by Gasteiger charge is 2.22. The molecule has 12 rings (SSSR count). The topological polar surface area (TPSA) is 256 Å². The number of fused-ring (bicyclic) bond motifs is 3.